The van der Waals surface area contributed by atoms with E-state index in [0.717, 1.165) is 39.9 Å². The van der Waals surface area contributed by atoms with Crippen molar-refractivity contribution in [2.24, 2.45) is 0 Å². The van der Waals surface area contributed by atoms with Gasteiger partial charge in [0.15, 0.2) is 11.0 Å². The zero-order valence-corrected chi connectivity index (χ0v) is 16.1. The van der Waals surface area contributed by atoms with Gasteiger partial charge < -0.3 is 9.26 Å². The molecule has 4 rings (SSSR count). The van der Waals surface area contributed by atoms with Crippen molar-refractivity contribution in [1.82, 2.24) is 19.7 Å². The maximum Gasteiger partial charge on any atom is 0.237 e. The summed E-state index contributed by atoms with van der Waals surface area (Å²) in [5.41, 5.74) is 3.05. The summed E-state index contributed by atoms with van der Waals surface area (Å²) >= 11 is 1.58. The molecule has 0 atom stereocenters. The minimum atomic E-state index is 0.577. The SMILES string of the molecule is CCOc1ccc(-n2c(SCc3nc(CC)no3)nc3ccccc32)cc1. The maximum atomic E-state index is 5.56. The van der Waals surface area contributed by atoms with E-state index in [0.29, 0.717) is 18.3 Å². The van der Waals surface area contributed by atoms with Gasteiger partial charge in [-0.25, -0.2) is 4.98 Å². The summed E-state index contributed by atoms with van der Waals surface area (Å²) in [6.45, 7) is 4.64. The fourth-order valence-electron chi connectivity index (χ4n) is 2.83. The van der Waals surface area contributed by atoms with Gasteiger partial charge >= 0.3 is 0 Å². The van der Waals surface area contributed by atoms with Crippen LogP contribution in [0.1, 0.15) is 25.6 Å². The van der Waals surface area contributed by atoms with Crippen LogP contribution in [0.5, 0.6) is 5.75 Å². The van der Waals surface area contributed by atoms with Crippen molar-refractivity contribution in [2.75, 3.05) is 6.61 Å². The molecule has 6 nitrogen and oxygen atoms in total. The molecule has 138 valence electrons. The van der Waals surface area contributed by atoms with E-state index in [1.54, 1.807) is 11.8 Å². The Hall–Kier alpha value is -2.80. The number of rotatable bonds is 7. The number of hydrogen-bond donors (Lipinski definition) is 0. The van der Waals surface area contributed by atoms with E-state index in [9.17, 15) is 0 Å². The zero-order valence-electron chi connectivity index (χ0n) is 15.3. The fraction of sp³-hybridized carbons (Fsp3) is 0.250. The molecule has 0 spiro atoms. The third kappa shape index (κ3) is 3.68. The third-order valence-electron chi connectivity index (χ3n) is 4.09. The molecular weight excluding hydrogens is 360 g/mol. The molecule has 0 saturated carbocycles. The van der Waals surface area contributed by atoms with E-state index >= 15 is 0 Å². The number of ether oxygens (including phenoxy) is 1. The summed E-state index contributed by atoms with van der Waals surface area (Å²) in [4.78, 5) is 9.17. The Labute approximate surface area is 161 Å². The monoisotopic (exact) mass is 380 g/mol. The first-order valence-electron chi connectivity index (χ1n) is 8.93. The number of aryl methyl sites for hydroxylation is 1. The molecule has 0 radical (unpaired) electrons. The summed E-state index contributed by atoms with van der Waals surface area (Å²) in [5, 5.41) is 4.84. The number of fused-ring (bicyclic) bond motifs is 1. The van der Waals surface area contributed by atoms with Gasteiger partial charge in [0, 0.05) is 12.1 Å². The smallest absolute Gasteiger partial charge is 0.237 e. The molecule has 0 aliphatic heterocycles. The highest BCUT2D eigenvalue weighted by Gasteiger charge is 2.15. The van der Waals surface area contributed by atoms with Gasteiger partial charge in [-0.2, -0.15) is 4.98 Å². The second kappa shape index (κ2) is 7.84. The van der Waals surface area contributed by atoms with Crippen molar-refractivity contribution in [1.29, 1.82) is 0 Å². The third-order valence-corrected chi connectivity index (χ3v) is 5.01. The second-order valence-corrected chi connectivity index (χ2v) is 6.83. The van der Waals surface area contributed by atoms with Crippen LogP contribution in [0.2, 0.25) is 0 Å². The topological polar surface area (TPSA) is 66.0 Å². The number of benzene rings is 2. The standard InChI is InChI=1S/C20H20N4O2S/c1-3-18-22-19(26-23-18)13-27-20-21-16-7-5-6-8-17(16)24(20)14-9-11-15(12-10-14)25-4-2/h5-12H,3-4,13H2,1-2H3. The lowest BCUT2D eigenvalue weighted by Crippen LogP contribution is -1.98. The van der Waals surface area contributed by atoms with Crippen molar-refractivity contribution in [3.8, 4) is 11.4 Å². The van der Waals surface area contributed by atoms with Crippen LogP contribution >= 0.6 is 11.8 Å². The van der Waals surface area contributed by atoms with Gasteiger partial charge in [0.1, 0.15) is 5.75 Å². The molecule has 0 N–H and O–H groups in total. The predicted octanol–water partition coefficient (Wildman–Crippen LogP) is 4.66. The Morgan fingerprint density at radius 1 is 1.04 bits per heavy atom. The summed E-state index contributed by atoms with van der Waals surface area (Å²) in [5.74, 6) is 2.78. The van der Waals surface area contributed by atoms with Crippen molar-refractivity contribution >= 4 is 22.8 Å². The molecule has 7 heteroatoms. The highest BCUT2D eigenvalue weighted by molar-refractivity contribution is 7.98. The molecule has 0 fully saturated rings. The Bertz CT molecular complexity index is 1040. The number of hydrogen-bond acceptors (Lipinski definition) is 6. The summed E-state index contributed by atoms with van der Waals surface area (Å²) in [6, 6.07) is 16.2. The maximum absolute atomic E-state index is 5.56. The van der Waals surface area contributed by atoms with Gasteiger partial charge in [-0.3, -0.25) is 4.57 Å². The van der Waals surface area contributed by atoms with Gasteiger partial charge in [0.05, 0.1) is 23.4 Å². The minimum absolute atomic E-state index is 0.577. The predicted molar refractivity (Wildman–Crippen MR) is 105 cm³/mol. The fourth-order valence-corrected chi connectivity index (χ4v) is 3.69. The molecule has 27 heavy (non-hydrogen) atoms. The Morgan fingerprint density at radius 2 is 1.85 bits per heavy atom. The number of nitrogens with zero attached hydrogens (tertiary/aromatic N) is 4. The van der Waals surface area contributed by atoms with Crippen molar-refractivity contribution in [2.45, 2.75) is 31.2 Å². The average molecular weight is 380 g/mol. The zero-order chi connectivity index (χ0) is 18.6. The molecule has 0 amide bonds. The highest BCUT2D eigenvalue weighted by atomic mass is 32.2. The Morgan fingerprint density at radius 3 is 2.59 bits per heavy atom. The summed E-state index contributed by atoms with van der Waals surface area (Å²) in [7, 11) is 0. The van der Waals surface area contributed by atoms with Gasteiger partial charge in [0.25, 0.3) is 0 Å². The van der Waals surface area contributed by atoms with Gasteiger partial charge in [-0.1, -0.05) is 36.0 Å². The lowest BCUT2D eigenvalue weighted by atomic mass is 10.2. The van der Waals surface area contributed by atoms with Crippen LogP contribution in [-0.2, 0) is 12.2 Å². The van der Waals surface area contributed by atoms with Crippen LogP contribution in [-0.4, -0.2) is 26.3 Å². The van der Waals surface area contributed by atoms with Crippen LogP contribution in [0.25, 0.3) is 16.7 Å². The van der Waals surface area contributed by atoms with Crippen LogP contribution < -0.4 is 4.74 Å². The lowest BCUT2D eigenvalue weighted by molar-refractivity contribution is 0.340. The van der Waals surface area contributed by atoms with Crippen LogP contribution in [0.4, 0.5) is 0 Å². The van der Waals surface area contributed by atoms with Crippen LogP contribution in [0.3, 0.4) is 0 Å². The molecular formula is C20H20N4O2S. The minimum Gasteiger partial charge on any atom is -0.494 e. The van der Waals surface area contributed by atoms with Gasteiger partial charge in [-0.15, -0.1) is 0 Å². The van der Waals surface area contributed by atoms with Gasteiger partial charge in [-0.05, 0) is 43.3 Å². The molecule has 0 aliphatic rings. The van der Waals surface area contributed by atoms with Gasteiger partial charge in [0.2, 0.25) is 5.89 Å². The van der Waals surface area contributed by atoms with E-state index < -0.39 is 0 Å². The molecule has 2 heterocycles. The molecule has 0 saturated heterocycles. The molecule has 0 unspecified atom stereocenters. The van der Waals surface area contributed by atoms with E-state index in [2.05, 4.69) is 20.8 Å². The number of para-hydroxylation sites is 2. The van der Waals surface area contributed by atoms with Crippen LogP contribution in [0.15, 0.2) is 58.2 Å². The Kier molecular flexibility index (Phi) is 5.11. The normalized spacial score (nSPS) is 11.2. The van der Waals surface area contributed by atoms with E-state index in [4.69, 9.17) is 14.2 Å². The molecule has 2 aromatic heterocycles. The quantitative estimate of drug-likeness (QED) is 0.434. The molecule has 0 aliphatic carbocycles. The molecule has 2 aromatic carbocycles. The number of imidazole rings is 1. The first kappa shape index (κ1) is 17.6. The first-order valence-corrected chi connectivity index (χ1v) is 9.92. The first-order chi connectivity index (χ1) is 13.3. The van der Waals surface area contributed by atoms with E-state index in [1.165, 1.54) is 0 Å². The van der Waals surface area contributed by atoms with Crippen molar-refractivity contribution < 1.29 is 9.26 Å². The van der Waals surface area contributed by atoms with E-state index in [1.807, 2.05) is 56.3 Å². The number of thioether (sulfide) groups is 1. The molecule has 0 bridgehead atoms. The average Bonchev–Trinajstić information content (AvgIpc) is 3.31. The van der Waals surface area contributed by atoms with Crippen molar-refractivity contribution in [3.63, 3.8) is 0 Å². The summed E-state index contributed by atoms with van der Waals surface area (Å²) < 4.78 is 13.0. The van der Waals surface area contributed by atoms with E-state index in [-0.39, 0.29) is 0 Å². The highest BCUT2D eigenvalue weighted by Crippen LogP contribution is 2.30. The number of aromatic nitrogens is 4. The van der Waals surface area contributed by atoms with Crippen LogP contribution in [0, 0.1) is 0 Å². The molecule has 4 aromatic rings. The second-order valence-electron chi connectivity index (χ2n) is 5.89. The van der Waals surface area contributed by atoms with Crippen molar-refractivity contribution in [3.05, 3.63) is 60.2 Å². The Balaban J connectivity index is 1.68. The summed E-state index contributed by atoms with van der Waals surface area (Å²) in [6.07, 6.45) is 0.763. The lowest BCUT2D eigenvalue weighted by Gasteiger charge is -2.10. The largest absolute Gasteiger partial charge is 0.494 e.